The van der Waals surface area contributed by atoms with Crippen LogP contribution in [0.1, 0.15) is 22.3 Å². The lowest BCUT2D eigenvalue weighted by Crippen LogP contribution is -3.00. The number of nitrogens with one attached hydrogen (secondary N) is 2. The highest BCUT2D eigenvalue weighted by Crippen LogP contribution is 2.38. The molecule has 2 aromatic rings. The van der Waals surface area contributed by atoms with E-state index in [1.54, 1.807) is 0 Å². The van der Waals surface area contributed by atoms with Crippen molar-refractivity contribution in [3.63, 3.8) is 0 Å². The molecule has 2 rings (SSSR count). The number of alkyl halides is 12. The number of hydrogen-bond acceptors (Lipinski definition) is 1. The van der Waals surface area contributed by atoms with Crippen molar-refractivity contribution in [2.45, 2.75) is 24.7 Å². The summed E-state index contributed by atoms with van der Waals surface area (Å²) in [7, 11) is 0. The van der Waals surface area contributed by atoms with Crippen molar-refractivity contribution in [3.8, 4) is 0 Å². The maximum absolute atomic E-state index is 12.8. The highest BCUT2D eigenvalue weighted by molar-refractivity contribution is 5.67. The second kappa shape index (κ2) is 10.2. The summed E-state index contributed by atoms with van der Waals surface area (Å²) in [5.74, 6) is 0. The molecule has 34 heavy (non-hydrogen) atoms. The van der Waals surface area contributed by atoms with Gasteiger partial charge in [-0.3, -0.25) is 0 Å². The molecule has 0 aliphatic rings. The van der Waals surface area contributed by atoms with Crippen molar-refractivity contribution in [2.24, 2.45) is 0 Å². The number of benzene rings is 2. The van der Waals surface area contributed by atoms with Gasteiger partial charge in [0.15, 0.2) is 6.21 Å². The first kappa shape index (κ1) is 29.1. The molecule has 0 saturated carbocycles. The van der Waals surface area contributed by atoms with E-state index in [1.807, 2.05) is 0 Å². The van der Waals surface area contributed by atoms with Crippen molar-refractivity contribution in [1.82, 2.24) is 0 Å². The molecule has 0 saturated heterocycles. The number of rotatable bonds is 4. The largest absolute Gasteiger partial charge is 1.00 e. The predicted octanol–water partition coefficient (Wildman–Crippen LogP) is 3.17. The van der Waals surface area contributed by atoms with Crippen LogP contribution in [0.5, 0.6) is 0 Å². The molecule has 0 aromatic heterocycles. The fraction of sp³-hybridized carbons (Fsp3) is 0.211. The fourth-order valence-corrected chi connectivity index (χ4v) is 2.41. The lowest BCUT2D eigenvalue weighted by Gasteiger charge is -2.14. The zero-order valence-electron chi connectivity index (χ0n) is 16.1. The maximum Gasteiger partial charge on any atom is 0.416 e. The van der Waals surface area contributed by atoms with Crippen LogP contribution in [0.25, 0.3) is 0 Å². The van der Waals surface area contributed by atoms with Crippen molar-refractivity contribution in [1.29, 1.82) is 0 Å². The number of anilines is 1. The van der Waals surface area contributed by atoms with E-state index in [4.69, 9.17) is 0 Å². The van der Waals surface area contributed by atoms with Crippen LogP contribution in [0.4, 0.5) is 64.1 Å². The zero-order chi connectivity index (χ0) is 25.2. The summed E-state index contributed by atoms with van der Waals surface area (Å²) in [5.41, 5.74) is -7.56. The van der Waals surface area contributed by atoms with Crippen LogP contribution in [0, 0.1) is 0 Å². The molecule has 0 atom stereocenters. The number of halogens is 13. The Morgan fingerprint density at radius 1 is 0.559 bits per heavy atom. The first-order valence-corrected chi connectivity index (χ1v) is 8.48. The van der Waals surface area contributed by atoms with E-state index in [0.29, 0.717) is 24.3 Å². The van der Waals surface area contributed by atoms with Crippen molar-refractivity contribution in [2.75, 3.05) is 5.32 Å². The smallest absolute Gasteiger partial charge is 0.416 e. The summed E-state index contributed by atoms with van der Waals surface area (Å²) < 4.78 is 154. The lowest BCUT2D eigenvalue weighted by molar-refractivity contribution is -0.347. The van der Waals surface area contributed by atoms with Crippen LogP contribution in [0.2, 0.25) is 0 Å². The van der Waals surface area contributed by atoms with Gasteiger partial charge < -0.3 is 17.7 Å². The number of hydrogen-bond donors (Lipinski definition) is 2. The molecule has 0 unspecified atom stereocenters. The molecule has 188 valence electrons. The van der Waals surface area contributed by atoms with E-state index < -0.39 is 58.3 Å². The van der Waals surface area contributed by atoms with E-state index in [1.165, 1.54) is 0 Å². The normalized spacial score (nSPS) is 13.4. The second-order valence-corrected chi connectivity index (χ2v) is 6.40. The molecule has 2 nitrogen and oxygen atoms in total. The van der Waals surface area contributed by atoms with E-state index in [2.05, 4.69) is 10.3 Å². The van der Waals surface area contributed by atoms with E-state index in [-0.39, 0.29) is 24.5 Å². The molecule has 2 aromatic carbocycles. The Morgan fingerprint density at radius 2 is 0.912 bits per heavy atom. The topological polar surface area (TPSA) is 26.0 Å². The Kier molecular flexibility index (Phi) is 8.70. The summed E-state index contributed by atoms with van der Waals surface area (Å²) in [6, 6.07) is 1.36. The molecule has 0 fully saturated rings. The molecule has 0 aliphatic carbocycles. The van der Waals surface area contributed by atoms with Crippen LogP contribution in [-0.2, 0) is 24.7 Å². The van der Waals surface area contributed by atoms with Crippen molar-refractivity contribution >= 4 is 17.6 Å². The Labute approximate surface area is 189 Å². The Bertz CT molecular complexity index is 983. The average Bonchev–Trinajstić information content (AvgIpc) is 2.64. The summed E-state index contributed by atoms with van der Waals surface area (Å²) >= 11 is 0. The summed E-state index contributed by atoms with van der Waals surface area (Å²) in [4.78, 5) is 2.12. The van der Waals surface area contributed by atoms with Gasteiger partial charge in [-0.15, -0.1) is 0 Å². The number of allylic oxidation sites excluding steroid dienone is 1. The predicted molar refractivity (Wildman–Crippen MR) is 92.3 cm³/mol. The highest BCUT2D eigenvalue weighted by atomic mass is 35.5. The minimum atomic E-state index is -5.07. The maximum atomic E-state index is 12.8. The minimum absolute atomic E-state index is 0. The van der Waals surface area contributed by atoms with E-state index in [9.17, 15) is 52.7 Å². The monoisotopic (exact) mass is 530 g/mol. The third-order valence-electron chi connectivity index (χ3n) is 3.87. The van der Waals surface area contributed by atoms with Gasteiger partial charge in [0.05, 0.1) is 22.3 Å². The SMILES string of the molecule is FC(F)(F)c1cc(N/C=C/C=[NH+]c2cc(C(F)(F)F)cc(C(F)(F)F)c2)cc(C(F)(F)F)c1.[Cl-]. The quantitative estimate of drug-likeness (QED) is 0.461. The van der Waals surface area contributed by atoms with Crippen LogP contribution in [-0.4, -0.2) is 6.21 Å². The summed E-state index contributed by atoms with van der Waals surface area (Å²) in [6.45, 7) is 0. The summed E-state index contributed by atoms with van der Waals surface area (Å²) in [5, 5.41) is 2.12. The zero-order valence-corrected chi connectivity index (χ0v) is 16.9. The molecule has 0 spiro atoms. The molecule has 2 N–H and O–H groups in total. The van der Waals surface area contributed by atoms with Crippen LogP contribution in [0.15, 0.2) is 48.7 Å². The molecular weight excluding hydrogens is 520 g/mol. The molecule has 0 radical (unpaired) electrons. The summed E-state index contributed by atoms with van der Waals surface area (Å²) in [6.07, 6.45) is -17.8. The Hall–Kier alpha value is -2.90. The highest BCUT2D eigenvalue weighted by Gasteiger charge is 2.38. The van der Waals surface area contributed by atoms with Gasteiger partial charge in [0.25, 0.3) is 0 Å². The van der Waals surface area contributed by atoms with Gasteiger partial charge in [0.2, 0.25) is 5.69 Å². The molecule has 0 bridgehead atoms. The van der Waals surface area contributed by atoms with Gasteiger partial charge >= 0.3 is 24.7 Å². The average molecular weight is 531 g/mol. The first-order valence-electron chi connectivity index (χ1n) is 8.48. The minimum Gasteiger partial charge on any atom is -1.00 e. The third-order valence-corrected chi connectivity index (χ3v) is 3.87. The van der Waals surface area contributed by atoms with Crippen LogP contribution in [0.3, 0.4) is 0 Å². The van der Waals surface area contributed by atoms with E-state index in [0.717, 1.165) is 18.5 Å². The van der Waals surface area contributed by atoms with Gasteiger partial charge in [-0.2, -0.15) is 52.7 Å². The lowest BCUT2D eigenvalue weighted by atomic mass is 10.1. The van der Waals surface area contributed by atoms with Crippen LogP contribution >= 0.6 is 0 Å². The van der Waals surface area contributed by atoms with Crippen molar-refractivity contribution in [3.05, 3.63) is 70.9 Å². The van der Waals surface area contributed by atoms with Crippen molar-refractivity contribution < 1.29 is 70.1 Å². The molecular formula is C19H11ClF12N2. The fourth-order valence-electron chi connectivity index (χ4n) is 2.41. The van der Waals surface area contributed by atoms with Gasteiger partial charge in [-0.05, 0) is 24.3 Å². The van der Waals surface area contributed by atoms with E-state index >= 15 is 0 Å². The van der Waals surface area contributed by atoms with Gasteiger partial charge in [0.1, 0.15) is 0 Å². The first-order chi connectivity index (χ1) is 14.9. The second-order valence-electron chi connectivity index (χ2n) is 6.40. The Morgan fingerprint density at radius 3 is 1.26 bits per heavy atom. The van der Waals surface area contributed by atoms with Crippen LogP contribution < -0.4 is 22.7 Å². The molecule has 0 heterocycles. The molecule has 0 amide bonds. The third kappa shape index (κ3) is 8.15. The molecule has 15 heteroatoms. The standard InChI is InChI=1S/C19H10F12N2.ClH/c20-16(21,22)10-4-11(17(23,24)25)7-14(6-10)32-2-1-3-33-15-8-12(18(26,27)28)5-13(9-15)19(29,30)31;/h1-9,32H;1H/b2-1+,33-3?;. The van der Waals surface area contributed by atoms with Gasteiger partial charge in [-0.1, -0.05) is 0 Å². The van der Waals surface area contributed by atoms with Gasteiger partial charge in [0, 0.05) is 30.1 Å². The molecule has 0 aliphatic heterocycles. The van der Waals surface area contributed by atoms with Gasteiger partial charge in [-0.25, -0.2) is 4.99 Å². The Balaban J connectivity index is 0.00000578.